The first-order valence-corrected chi connectivity index (χ1v) is 4.20. The number of H-pyrrole nitrogens is 1. The second-order valence-electron chi connectivity index (χ2n) is 2.82. The molecular weight excluding hydrogens is 184 g/mol. The van der Waals surface area contributed by atoms with Gasteiger partial charge in [-0.15, -0.1) is 0 Å². The number of nitrogens with zero attached hydrogens (tertiary/aromatic N) is 1. The van der Waals surface area contributed by atoms with Crippen molar-refractivity contribution < 1.29 is 9.59 Å². The molecule has 0 aliphatic rings. The van der Waals surface area contributed by atoms with Crippen molar-refractivity contribution in [3.63, 3.8) is 0 Å². The van der Waals surface area contributed by atoms with E-state index in [0.717, 1.165) is 5.69 Å². The fourth-order valence-electron chi connectivity index (χ4n) is 0.944. The summed E-state index contributed by atoms with van der Waals surface area (Å²) in [6, 6.07) is 0. The third-order valence-electron chi connectivity index (χ3n) is 1.64. The number of carbonyl (C=O) groups excluding carboxylic acids is 2. The number of amides is 2. The Bertz CT molecular complexity index is 307. The molecule has 0 unspecified atom stereocenters. The smallest absolute Gasteiger partial charge is 0.236 e. The van der Waals surface area contributed by atoms with E-state index in [1.165, 1.54) is 0 Å². The molecule has 0 bridgehead atoms. The predicted molar refractivity (Wildman–Crippen MR) is 49.1 cm³/mol. The summed E-state index contributed by atoms with van der Waals surface area (Å²) in [6.07, 6.45) is 4.10. The zero-order valence-electron chi connectivity index (χ0n) is 7.62. The minimum absolute atomic E-state index is 0.109. The molecule has 4 N–H and O–H groups in total. The first-order valence-electron chi connectivity index (χ1n) is 4.20. The maximum Gasteiger partial charge on any atom is 0.236 e. The van der Waals surface area contributed by atoms with Crippen LogP contribution in [0.25, 0.3) is 0 Å². The third kappa shape index (κ3) is 3.70. The molecule has 76 valence electrons. The van der Waals surface area contributed by atoms with Crippen molar-refractivity contribution in [3.05, 3.63) is 18.2 Å². The first-order chi connectivity index (χ1) is 6.68. The number of nitrogens with two attached hydrogens (primary N) is 1. The molecule has 14 heavy (non-hydrogen) atoms. The zero-order valence-corrected chi connectivity index (χ0v) is 7.62. The Labute approximate surface area is 80.9 Å². The van der Waals surface area contributed by atoms with Crippen LogP contribution in [0.3, 0.4) is 0 Å². The van der Waals surface area contributed by atoms with Gasteiger partial charge in [0, 0.05) is 18.3 Å². The number of nitrogens with one attached hydrogen (secondary N) is 2. The summed E-state index contributed by atoms with van der Waals surface area (Å²) in [7, 11) is 0. The Morgan fingerprint density at radius 3 is 2.93 bits per heavy atom. The van der Waals surface area contributed by atoms with E-state index in [1.807, 2.05) is 0 Å². The molecule has 6 nitrogen and oxygen atoms in total. The van der Waals surface area contributed by atoms with Crippen LogP contribution in [0.1, 0.15) is 12.1 Å². The van der Waals surface area contributed by atoms with Gasteiger partial charge in [0.05, 0.1) is 12.9 Å². The number of carbonyl (C=O) groups is 2. The fraction of sp³-hybridized carbons (Fsp3) is 0.375. The monoisotopic (exact) mass is 196 g/mol. The standard InChI is InChI=1S/C8H12N4O2/c9-7(13)4-11-8(14)2-1-6-3-10-5-12-6/h3,5H,1-2,4H2,(H2,9,13)(H,10,12)(H,11,14). The molecule has 0 aliphatic heterocycles. The molecule has 0 fully saturated rings. The number of hydrogen-bond acceptors (Lipinski definition) is 3. The van der Waals surface area contributed by atoms with Gasteiger partial charge in [0.1, 0.15) is 0 Å². The lowest BCUT2D eigenvalue weighted by Gasteiger charge is -2.00. The summed E-state index contributed by atoms with van der Waals surface area (Å²) in [6.45, 7) is -0.109. The molecular formula is C8H12N4O2. The number of aromatic amines is 1. The van der Waals surface area contributed by atoms with E-state index >= 15 is 0 Å². The van der Waals surface area contributed by atoms with E-state index in [0.29, 0.717) is 12.8 Å². The van der Waals surface area contributed by atoms with Gasteiger partial charge in [0.2, 0.25) is 11.8 Å². The summed E-state index contributed by atoms with van der Waals surface area (Å²) >= 11 is 0. The highest BCUT2D eigenvalue weighted by atomic mass is 16.2. The Balaban J connectivity index is 2.18. The van der Waals surface area contributed by atoms with E-state index in [-0.39, 0.29) is 12.5 Å². The van der Waals surface area contributed by atoms with Crippen LogP contribution in [-0.2, 0) is 16.0 Å². The average molecular weight is 196 g/mol. The minimum Gasteiger partial charge on any atom is -0.368 e. The molecule has 1 aromatic heterocycles. The molecule has 0 saturated carbocycles. The molecule has 0 radical (unpaired) electrons. The summed E-state index contributed by atoms with van der Waals surface area (Å²) in [5.74, 6) is -0.738. The summed E-state index contributed by atoms with van der Waals surface area (Å²) < 4.78 is 0. The Kier molecular flexibility index (Phi) is 3.66. The number of hydrogen-bond donors (Lipinski definition) is 3. The molecule has 0 spiro atoms. The molecule has 2 amide bonds. The molecule has 0 aromatic carbocycles. The first kappa shape index (κ1) is 10.2. The molecule has 6 heteroatoms. The van der Waals surface area contributed by atoms with Crippen LogP contribution < -0.4 is 11.1 Å². The number of aryl methyl sites for hydroxylation is 1. The second kappa shape index (κ2) is 5.00. The number of rotatable bonds is 5. The highest BCUT2D eigenvalue weighted by Gasteiger charge is 2.03. The SMILES string of the molecule is NC(=O)CNC(=O)CCc1cnc[nH]1. The van der Waals surface area contributed by atoms with Gasteiger partial charge in [0.25, 0.3) is 0 Å². The number of primary amides is 1. The fourth-order valence-corrected chi connectivity index (χ4v) is 0.944. The van der Waals surface area contributed by atoms with Crippen molar-refractivity contribution in [2.75, 3.05) is 6.54 Å². The van der Waals surface area contributed by atoms with E-state index in [4.69, 9.17) is 5.73 Å². The van der Waals surface area contributed by atoms with Crippen LogP contribution >= 0.6 is 0 Å². The van der Waals surface area contributed by atoms with Crippen LogP contribution in [-0.4, -0.2) is 28.3 Å². The van der Waals surface area contributed by atoms with Crippen LogP contribution in [0.2, 0.25) is 0 Å². The van der Waals surface area contributed by atoms with Crippen molar-refractivity contribution in [1.82, 2.24) is 15.3 Å². The summed E-state index contributed by atoms with van der Waals surface area (Å²) in [5.41, 5.74) is 5.75. The van der Waals surface area contributed by atoms with Gasteiger partial charge in [-0.25, -0.2) is 4.98 Å². The van der Waals surface area contributed by atoms with Crippen molar-refractivity contribution in [2.24, 2.45) is 5.73 Å². The molecule has 0 atom stereocenters. The van der Waals surface area contributed by atoms with Crippen molar-refractivity contribution in [1.29, 1.82) is 0 Å². The van der Waals surface area contributed by atoms with Gasteiger partial charge < -0.3 is 16.0 Å². The van der Waals surface area contributed by atoms with E-state index in [2.05, 4.69) is 15.3 Å². The average Bonchev–Trinajstić information content (AvgIpc) is 2.63. The van der Waals surface area contributed by atoms with Crippen LogP contribution in [0.5, 0.6) is 0 Å². The minimum atomic E-state index is -0.542. The van der Waals surface area contributed by atoms with Crippen LogP contribution in [0, 0.1) is 0 Å². The van der Waals surface area contributed by atoms with E-state index in [9.17, 15) is 9.59 Å². The molecule has 0 aliphatic carbocycles. The third-order valence-corrected chi connectivity index (χ3v) is 1.64. The summed E-state index contributed by atoms with van der Waals surface area (Å²) in [4.78, 5) is 28.1. The van der Waals surface area contributed by atoms with Crippen LogP contribution in [0.15, 0.2) is 12.5 Å². The maximum absolute atomic E-state index is 11.1. The molecule has 1 rings (SSSR count). The predicted octanol–water partition coefficient (Wildman–Crippen LogP) is -1.06. The van der Waals surface area contributed by atoms with Crippen molar-refractivity contribution in [3.8, 4) is 0 Å². The Hall–Kier alpha value is -1.85. The molecule has 0 saturated heterocycles. The van der Waals surface area contributed by atoms with Crippen molar-refractivity contribution in [2.45, 2.75) is 12.8 Å². The molecule has 1 aromatic rings. The zero-order chi connectivity index (χ0) is 10.4. The quantitative estimate of drug-likeness (QED) is 0.559. The van der Waals surface area contributed by atoms with Crippen molar-refractivity contribution >= 4 is 11.8 Å². The largest absolute Gasteiger partial charge is 0.368 e. The highest BCUT2D eigenvalue weighted by Crippen LogP contribution is 1.95. The van der Waals surface area contributed by atoms with E-state index in [1.54, 1.807) is 12.5 Å². The Morgan fingerprint density at radius 1 is 1.57 bits per heavy atom. The van der Waals surface area contributed by atoms with Gasteiger partial charge >= 0.3 is 0 Å². The Morgan fingerprint density at radius 2 is 2.36 bits per heavy atom. The van der Waals surface area contributed by atoms with Gasteiger partial charge in [-0.1, -0.05) is 0 Å². The normalized spacial score (nSPS) is 9.71. The number of imidazole rings is 1. The molecule has 1 heterocycles. The summed E-state index contributed by atoms with van der Waals surface area (Å²) in [5, 5.41) is 2.40. The maximum atomic E-state index is 11.1. The second-order valence-corrected chi connectivity index (χ2v) is 2.82. The van der Waals surface area contributed by atoms with E-state index < -0.39 is 5.91 Å². The lowest BCUT2D eigenvalue weighted by molar-refractivity contribution is -0.124. The van der Waals surface area contributed by atoms with Gasteiger partial charge in [-0.2, -0.15) is 0 Å². The van der Waals surface area contributed by atoms with Gasteiger partial charge in [-0.3, -0.25) is 9.59 Å². The number of aromatic nitrogens is 2. The van der Waals surface area contributed by atoms with Gasteiger partial charge in [0.15, 0.2) is 0 Å². The topological polar surface area (TPSA) is 101 Å². The lowest BCUT2D eigenvalue weighted by atomic mass is 10.2. The highest BCUT2D eigenvalue weighted by molar-refractivity contribution is 5.83. The van der Waals surface area contributed by atoms with Gasteiger partial charge in [-0.05, 0) is 6.42 Å². The van der Waals surface area contributed by atoms with Crippen LogP contribution in [0.4, 0.5) is 0 Å². The lowest BCUT2D eigenvalue weighted by Crippen LogP contribution is -2.33.